The van der Waals surface area contributed by atoms with Gasteiger partial charge in [0.1, 0.15) is 23.6 Å². The zero-order valence-corrected chi connectivity index (χ0v) is 24.0. The van der Waals surface area contributed by atoms with Crippen LogP contribution < -0.4 is 5.63 Å². The van der Waals surface area contributed by atoms with Crippen LogP contribution in [-0.2, 0) is 19.1 Å². The van der Waals surface area contributed by atoms with E-state index in [2.05, 4.69) is 6.92 Å². The summed E-state index contributed by atoms with van der Waals surface area (Å²) in [6.07, 6.45) is 7.72. The molecular weight excluding hydrogens is 549 g/mol. The minimum absolute atomic E-state index is 0.0368. The number of fused-ring (bicyclic) bond motifs is 1. The number of aldehydes is 1. The van der Waals surface area contributed by atoms with Gasteiger partial charge in [-0.05, 0) is 55.0 Å². The lowest BCUT2D eigenvalue weighted by Gasteiger charge is -2.33. The molecule has 1 fully saturated rings. The van der Waals surface area contributed by atoms with E-state index in [1.54, 1.807) is 17.0 Å². The van der Waals surface area contributed by atoms with Crippen molar-refractivity contribution in [2.45, 2.75) is 64.2 Å². The van der Waals surface area contributed by atoms with Gasteiger partial charge in [-0.25, -0.2) is 9.18 Å². The highest BCUT2D eigenvalue weighted by molar-refractivity contribution is 6.33. The number of esters is 1. The third-order valence-corrected chi connectivity index (χ3v) is 7.86. The molecule has 1 saturated heterocycles. The monoisotopic (exact) mass is 583 g/mol. The highest BCUT2D eigenvalue weighted by atomic mass is 35.5. The molecule has 1 amide bonds. The second-order valence-corrected chi connectivity index (χ2v) is 11.0. The van der Waals surface area contributed by atoms with Gasteiger partial charge in [0.15, 0.2) is 0 Å². The maximum atomic E-state index is 13.6. The largest absolute Gasteiger partial charge is 0.466 e. The Balaban J connectivity index is 1.45. The van der Waals surface area contributed by atoms with Gasteiger partial charge < -0.3 is 18.8 Å². The predicted molar refractivity (Wildman–Crippen MR) is 155 cm³/mol. The second-order valence-electron chi connectivity index (χ2n) is 10.6. The Morgan fingerprint density at radius 1 is 1.12 bits per heavy atom. The van der Waals surface area contributed by atoms with Crippen molar-refractivity contribution in [2.75, 3.05) is 19.7 Å². The van der Waals surface area contributed by atoms with Crippen molar-refractivity contribution in [3.63, 3.8) is 0 Å². The summed E-state index contributed by atoms with van der Waals surface area (Å²) in [5.41, 5.74) is 0.821. The zero-order chi connectivity index (χ0) is 29.4. The topological polar surface area (TPSA) is 93.9 Å². The molecule has 1 aliphatic heterocycles. The summed E-state index contributed by atoms with van der Waals surface area (Å²) in [4.78, 5) is 52.0. The van der Waals surface area contributed by atoms with Crippen molar-refractivity contribution in [3.8, 4) is 11.1 Å². The van der Waals surface area contributed by atoms with Gasteiger partial charge in [-0.1, -0.05) is 56.3 Å². The summed E-state index contributed by atoms with van der Waals surface area (Å²) in [6.45, 7) is 3.42. The van der Waals surface area contributed by atoms with Crippen LogP contribution in [-0.4, -0.2) is 42.8 Å². The fraction of sp³-hybridized carbons (Fsp3) is 0.438. The fourth-order valence-corrected chi connectivity index (χ4v) is 5.67. The molecule has 0 saturated carbocycles. The second kappa shape index (κ2) is 14.4. The molecule has 2 heterocycles. The summed E-state index contributed by atoms with van der Waals surface area (Å²) < 4.78 is 24.4. The van der Waals surface area contributed by atoms with Gasteiger partial charge in [0, 0.05) is 35.7 Å². The molecule has 218 valence electrons. The Hall–Kier alpha value is -3.52. The number of ether oxygens (including phenoxy) is 1. The lowest BCUT2D eigenvalue weighted by Crippen LogP contribution is -2.43. The SMILES string of the molecule is CCCCCCCOC(=O)C[C@H]1CCCN(C(=O)C(C=O)c2ccc3c(-c4ccc(F)cc4Cl)cc(=O)oc3c2)C1. The third kappa shape index (κ3) is 7.82. The quantitative estimate of drug-likeness (QED) is 0.0776. The zero-order valence-electron chi connectivity index (χ0n) is 23.2. The van der Waals surface area contributed by atoms with Crippen LogP contribution in [0.3, 0.4) is 0 Å². The average molecular weight is 584 g/mol. The standard InChI is InChI=1S/C32H35ClFNO6/c1-2-3-4-5-6-14-40-30(37)15-21-8-7-13-35(19-21)32(39)27(20-36)22-9-11-25-26(18-31(38)41-29(25)16-22)24-12-10-23(34)17-28(24)33/h9-12,16-18,20-21,27H,2-8,13-15,19H2,1H3/t21-,27?/m1/s1. The number of hydrogen-bond donors (Lipinski definition) is 0. The molecule has 1 unspecified atom stereocenters. The van der Waals surface area contributed by atoms with Gasteiger partial charge in [-0.2, -0.15) is 0 Å². The summed E-state index contributed by atoms with van der Waals surface area (Å²) in [5, 5.41) is 0.665. The normalized spacial score (nSPS) is 16.0. The number of nitrogens with zero attached hydrogens (tertiary/aromatic N) is 1. The number of benzene rings is 2. The smallest absolute Gasteiger partial charge is 0.336 e. The number of hydrogen-bond acceptors (Lipinski definition) is 6. The summed E-state index contributed by atoms with van der Waals surface area (Å²) in [6, 6.07) is 9.96. The fourth-order valence-electron chi connectivity index (χ4n) is 5.40. The number of unbranched alkanes of at least 4 members (excludes halogenated alkanes) is 4. The molecule has 41 heavy (non-hydrogen) atoms. The first kappa shape index (κ1) is 30.4. The van der Waals surface area contributed by atoms with Crippen molar-refractivity contribution in [1.82, 2.24) is 4.90 Å². The van der Waals surface area contributed by atoms with Gasteiger partial charge in [0.05, 0.1) is 18.1 Å². The van der Waals surface area contributed by atoms with E-state index in [4.69, 9.17) is 20.8 Å². The lowest BCUT2D eigenvalue weighted by atomic mass is 9.91. The maximum Gasteiger partial charge on any atom is 0.336 e. The molecule has 7 nitrogen and oxygen atoms in total. The van der Waals surface area contributed by atoms with E-state index in [-0.39, 0.29) is 34.8 Å². The number of rotatable bonds is 12. The average Bonchev–Trinajstić information content (AvgIpc) is 2.95. The number of piperidine rings is 1. The van der Waals surface area contributed by atoms with Gasteiger partial charge in [0.25, 0.3) is 0 Å². The Morgan fingerprint density at radius 2 is 1.93 bits per heavy atom. The number of amides is 1. The van der Waals surface area contributed by atoms with Crippen LogP contribution in [0.25, 0.3) is 22.1 Å². The molecule has 1 aliphatic rings. The van der Waals surface area contributed by atoms with Crippen molar-refractivity contribution in [3.05, 3.63) is 69.3 Å². The van der Waals surface area contributed by atoms with Gasteiger partial charge in [0.2, 0.25) is 5.91 Å². The first-order valence-corrected chi connectivity index (χ1v) is 14.6. The highest BCUT2D eigenvalue weighted by Gasteiger charge is 2.31. The van der Waals surface area contributed by atoms with Crippen LogP contribution in [0.15, 0.2) is 51.7 Å². The van der Waals surface area contributed by atoms with Crippen molar-refractivity contribution < 1.29 is 27.9 Å². The Bertz CT molecular complexity index is 1450. The molecule has 2 atom stereocenters. The van der Waals surface area contributed by atoms with Gasteiger partial charge in [-0.15, -0.1) is 0 Å². The molecule has 4 rings (SSSR count). The van der Waals surface area contributed by atoms with Crippen LogP contribution in [0.5, 0.6) is 0 Å². The first-order chi connectivity index (χ1) is 19.8. The van der Waals surface area contributed by atoms with E-state index in [1.807, 2.05) is 0 Å². The number of carbonyl (C=O) groups is 3. The van der Waals surface area contributed by atoms with Crippen LogP contribution in [0.2, 0.25) is 5.02 Å². The number of carbonyl (C=O) groups excluding carboxylic acids is 3. The molecule has 9 heteroatoms. The number of halogens is 2. The Kier molecular flexibility index (Phi) is 10.7. The molecule has 0 bridgehead atoms. The van der Waals surface area contributed by atoms with Crippen molar-refractivity contribution in [2.24, 2.45) is 5.92 Å². The van der Waals surface area contributed by atoms with Gasteiger partial charge >= 0.3 is 11.6 Å². The van der Waals surface area contributed by atoms with Crippen LogP contribution in [0, 0.1) is 11.7 Å². The molecule has 0 radical (unpaired) electrons. The highest BCUT2D eigenvalue weighted by Crippen LogP contribution is 2.34. The Labute approximate surface area is 243 Å². The molecule has 0 N–H and O–H groups in total. The van der Waals surface area contributed by atoms with E-state index in [1.165, 1.54) is 30.7 Å². The van der Waals surface area contributed by atoms with Crippen LogP contribution in [0.1, 0.15) is 69.8 Å². The lowest BCUT2D eigenvalue weighted by molar-refractivity contribution is -0.147. The summed E-state index contributed by atoms with van der Waals surface area (Å²) in [7, 11) is 0. The molecule has 1 aromatic heterocycles. The molecule has 2 aromatic carbocycles. The van der Waals surface area contributed by atoms with Crippen LogP contribution in [0.4, 0.5) is 4.39 Å². The Morgan fingerprint density at radius 3 is 2.68 bits per heavy atom. The predicted octanol–water partition coefficient (Wildman–Crippen LogP) is 6.68. The van der Waals surface area contributed by atoms with Crippen molar-refractivity contribution in [1.29, 1.82) is 0 Å². The van der Waals surface area contributed by atoms with Crippen LogP contribution >= 0.6 is 11.6 Å². The molecule has 0 spiro atoms. The minimum atomic E-state index is -1.10. The van der Waals surface area contributed by atoms with E-state index >= 15 is 0 Å². The molecular formula is C32H35ClFNO6. The maximum absolute atomic E-state index is 13.6. The third-order valence-electron chi connectivity index (χ3n) is 7.55. The molecule has 0 aliphatic carbocycles. The van der Waals surface area contributed by atoms with E-state index in [0.717, 1.165) is 44.6 Å². The summed E-state index contributed by atoms with van der Waals surface area (Å²) in [5.74, 6) is -2.26. The number of likely N-dealkylation sites (tertiary alicyclic amines) is 1. The van der Waals surface area contributed by atoms with E-state index < -0.39 is 17.4 Å². The molecule has 3 aromatic rings. The van der Waals surface area contributed by atoms with E-state index in [0.29, 0.717) is 48.1 Å². The van der Waals surface area contributed by atoms with Gasteiger partial charge in [-0.3, -0.25) is 9.59 Å². The van der Waals surface area contributed by atoms with Crippen molar-refractivity contribution >= 4 is 40.7 Å². The minimum Gasteiger partial charge on any atom is -0.466 e. The first-order valence-electron chi connectivity index (χ1n) is 14.2. The van der Waals surface area contributed by atoms with E-state index in [9.17, 15) is 23.6 Å². The summed E-state index contributed by atoms with van der Waals surface area (Å²) >= 11 is 6.24.